The van der Waals surface area contributed by atoms with Crippen molar-refractivity contribution < 1.29 is 21.9 Å². The van der Waals surface area contributed by atoms with Gasteiger partial charge in [0.15, 0.2) is 11.1 Å². The Kier molecular flexibility index (Phi) is 9.93. The molecule has 0 amide bonds. The molecule has 0 saturated carbocycles. The van der Waals surface area contributed by atoms with Gasteiger partial charge in [0, 0.05) is 6.61 Å². The van der Waals surface area contributed by atoms with Gasteiger partial charge in [0.25, 0.3) is 0 Å². The van der Waals surface area contributed by atoms with Gasteiger partial charge in [-0.2, -0.15) is 0 Å². The number of hydrogen-bond donors (Lipinski definition) is 2. The van der Waals surface area contributed by atoms with Crippen LogP contribution in [0, 0.1) is 0 Å². The van der Waals surface area contributed by atoms with Crippen LogP contribution in [0.15, 0.2) is 35.2 Å². The first kappa shape index (κ1) is 16.2. The van der Waals surface area contributed by atoms with E-state index in [1.165, 1.54) is 0 Å². The molecule has 0 spiro atoms. The molecule has 0 aliphatic rings. The Morgan fingerprint density at radius 1 is 1.29 bits per heavy atom. The molecule has 0 fully saturated rings. The number of rotatable bonds is 5. The van der Waals surface area contributed by atoms with Gasteiger partial charge in [-0.3, -0.25) is 0 Å². The van der Waals surface area contributed by atoms with Gasteiger partial charge in [-0.1, -0.05) is 18.2 Å². The average molecular weight is 280 g/mol. The summed E-state index contributed by atoms with van der Waals surface area (Å²) in [6.07, 6.45) is 0. The molecule has 1 rings (SSSR count). The van der Waals surface area contributed by atoms with Gasteiger partial charge in [0.1, 0.15) is 10.7 Å². The highest BCUT2D eigenvalue weighted by atomic mass is 32.2. The summed E-state index contributed by atoms with van der Waals surface area (Å²) in [6.45, 7) is 2.75. The summed E-state index contributed by atoms with van der Waals surface area (Å²) in [5, 5.41) is 0. The maximum absolute atomic E-state index is 10.3. The van der Waals surface area contributed by atoms with Crippen molar-refractivity contribution in [3.63, 3.8) is 0 Å². The first-order valence-electron chi connectivity index (χ1n) is 4.93. The molecule has 1 atom stereocenters. The van der Waals surface area contributed by atoms with E-state index in [-0.39, 0.29) is 5.75 Å². The molecule has 7 heteroatoms. The highest BCUT2D eigenvalue weighted by Crippen LogP contribution is 2.00. The second kappa shape index (κ2) is 10.4. The molecule has 0 heterocycles. The second-order valence-corrected chi connectivity index (χ2v) is 4.90. The fraction of sp³-hybridized carbons (Fsp3) is 0.400. The van der Waals surface area contributed by atoms with Gasteiger partial charge in [0.2, 0.25) is 0 Å². The van der Waals surface area contributed by atoms with Crippen molar-refractivity contribution in [3.8, 4) is 0 Å². The Balaban J connectivity index is 0.000000304. The number of benzene rings is 1. The normalized spacial score (nSPS) is 11.7. The molecule has 0 aromatic heterocycles. The Morgan fingerprint density at radius 2 is 1.88 bits per heavy atom. The van der Waals surface area contributed by atoms with Gasteiger partial charge in [-0.25, -0.2) is 12.6 Å². The molecule has 1 aromatic carbocycles. The van der Waals surface area contributed by atoms with Crippen LogP contribution in [0.1, 0.15) is 6.92 Å². The number of thiol groups is 1. The van der Waals surface area contributed by atoms with Crippen LogP contribution in [0.2, 0.25) is 0 Å². The third-order valence-corrected chi connectivity index (χ3v) is 2.79. The van der Waals surface area contributed by atoms with Gasteiger partial charge in [-0.15, -0.1) is 0 Å². The molecule has 17 heavy (non-hydrogen) atoms. The minimum Gasteiger partial charge on any atom is -0.381 e. The molecule has 1 aromatic rings. The van der Waals surface area contributed by atoms with Crippen LogP contribution in [-0.4, -0.2) is 36.1 Å². The lowest BCUT2D eigenvalue weighted by atomic mass is 10.4. The van der Waals surface area contributed by atoms with Crippen molar-refractivity contribution in [1.29, 1.82) is 0 Å². The molecule has 1 N–H and O–H groups in total. The van der Waals surface area contributed by atoms with Crippen LogP contribution in [0.5, 0.6) is 0 Å². The van der Waals surface area contributed by atoms with Gasteiger partial charge in [-0.05, 0) is 19.1 Å². The van der Waals surface area contributed by atoms with Crippen LogP contribution in [0.3, 0.4) is 0 Å². The predicted molar refractivity (Wildman–Crippen MR) is 67.2 cm³/mol. The van der Waals surface area contributed by atoms with Crippen molar-refractivity contribution in [1.82, 2.24) is 0 Å². The molecular weight excluding hydrogens is 264 g/mol. The molecule has 0 aliphatic heterocycles. The molecule has 0 bridgehead atoms. The maximum atomic E-state index is 10.3. The third-order valence-electron chi connectivity index (χ3n) is 1.57. The standard InChI is InChI=1S/C6H6O2S.C4H10O3S/c7-9(8)6-4-2-1-3-5-6;1-2-7-3-4-8(5)6/h1-5H,(H,7,8);8H,2-4H2,1H3. The topological polar surface area (TPSA) is 80.7 Å². The van der Waals surface area contributed by atoms with Crippen LogP contribution >= 0.6 is 0 Å². The largest absolute Gasteiger partial charge is 0.381 e. The van der Waals surface area contributed by atoms with Crippen molar-refractivity contribution in [2.75, 3.05) is 19.0 Å². The Morgan fingerprint density at radius 3 is 2.24 bits per heavy atom. The van der Waals surface area contributed by atoms with Crippen molar-refractivity contribution in [3.05, 3.63) is 30.3 Å². The first-order chi connectivity index (χ1) is 8.07. The van der Waals surface area contributed by atoms with Crippen LogP contribution in [0.25, 0.3) is 0 Å². The Bertz CT molecular complexity index is 381. The maximum Gasteiger partial charge on any atom is 0.186 e. The summed E-state index contributed by atoms with van der Waals surface area (Å²) in [4.78, 5) is 0.442. The second-order valence-electron chi connectivity index (χ2n) is 2.82. The van der Waals surface area contributed by atoms with E-state index in [1.807, 2.05) is 6.92 Å². The zero-order chi connectivity index (χ0) is 13.1. The van der Waals surface area contributed by atoms with Crippen molar-refractivity contribution in [2.45, 2.75) is 11.8 Å². The minimum absolute atomic E-state index is 0.142. The van der Waals surface area contributed by atoms with Crippen LogP contribution < -0.4 is 0 Å². The highest BCUT2D eigenvalue weighted by Gasteiger charge is 1.93. The van der Waals surface area contributed by atoms with Crippen LogP contribution in [0.4, 0.5) is 0 Å². The van der Waals surface area contributed by atoms with E-state index >= 15 is 0 Å². The lowest BCUT2D eigenvalue weighted by Crippen LogP contribution is -1.99. The van der Waals surface area contributed by atoms with E-state index in [1.54, 1.807) is 30.3 Å². The lowest BCUT2D eigenvalue weighted by Gasteiger charge is -1.91. The Labute approximate surface area is 105 Å². The van der Waals surface area contributed by atoms with E-state index in [9.17, 15) is 12.6 Å². The molecular formula is C10H16O5S2. The van der Waals surface area contributed by atoms with Crippen molar-refractivity contribution >= 4 is 21.8 Å². The molecule has 0 saturated heterocycles. The fourth-order valence-electron chi connectivity index (χ4n) is 0.820. The monoisotopic (exact) mass is 280 g/mol. The van der Waals surface area contributed by atoms with E-state index in [4.69, 9.17) is 9.29 Å². The van der Waals surface area contributed by atoms with Gasteiger partial charge in [0.05, 0.1) is 17.3 Å². The van der Waals surface area contributed by atoms with Gasteiger partial charge >= 0.3 is 0 Å². The predicted octanol–water partition coefficient (Wildman–Crippen LogP) is 0.901. The highest BCUT2D eigenvalue weighted by molar-refractivity contribution is 7.79. The summed E-state index contributed by atoms with van der Waals surface area (Å²) in [7, 11) is -2.24. The lowest BCUT2D eigenvalue weighted by molar-refractivity contribution is 0.164. The molecule has 0 radical (unpaired) electrons. The summed E-state index contributed by atoms with van der Waals surface area (Å²) in [5.41, 5.74) is 0. The summed E-state index contributed by atoms with van der Waals surface area (Å²) < 4.78 is 43.2. The first-order valence-corrected chi connectivity index (χ1v) is 7.40. The van der Waals surface area contributed by atoms with E-state index < -0.39 is 21.8 Å². The Hall–Kier alpha value is -0.760. The molecule has 0 unspecified atom stereocenters. The molecule has 5 nitrogen and oxygen atoms in total. The quantitative estimate of drug-likeness (QED) is 0.476. The van der Waals surface area contributed by atoms with Gasteiger partial charge < -0.3 is 9.29 Å². The zero-order valence-corrected chi connectivity index (χ0v) is 11.2. The number of ether oxygens (including phenoxy) is 1. The van der Waals surface area contributed by atoms with E-state index in [0.717, 1.165) is 0 Å². The van der Waals surface area contributed by atoms with E-state index in [0.29, 0.717) is 18.1 Å². The summed E-state index contributed by atoms with van der Waals surface area (Å²) in [5.74, 6) is 0.142. The zero-order valence-electron chi connectivity index (χ0n) is 9.44. The fourth-order valence-corrected chi connectivity index (χ4v) is 1.49. The average Bonchev–Trinajstić information content (AvgIpc) is 2.31. The minimum atomic E-state index is -2.24. The van der Waals surface area contributed by atoms with E-state index in [2.05, 4.69) is 0 Å². The number of hydrogen-bond acceptors (Lipinski definition) is 4. The molecule has 98 valence electrons. The third kappa shape index (κ3) is 10.1. The molecule has 0 aliphatic carbocycles. The van der Waals surface area contributed by atoms with Crippen LogP contribution in [-0.2, 0) is 26.5 Å². The summed E-state index contributed by atoms with van der Waals surface area (Å²) in [6, 6.07) is 8.47. The summed E-state index contributed by atoms with van der Waals surface area (Å²) >= 11 is -1.83. The van der Waals surface area contributed by atoms with Crippen molar-refractivity contribution in [2.24, 2.45) is 0 Å². The smallest absolute Gasteiger partial charge is 0.186 e. The SMILES string of the molecule is CCOCC[SH](=O)=O.O=[S@](O)c1ccccc1.